The molecule has 0 aromatic carbocycles. The van der Waals surface area contributed by atoms with Crippen LogP contribution in [-0.2, 0) is 4.79 Å². The Hall–Kier alpha value is -0.610. The first-order chi connectivity index (χ1) is 9.15. The number of aliphatic hydroxyl groups excluding tert-OH is 1. The molecule has 2 aliphatic rings. The Kier molecular flexibility index (Phi) is 5.22. The molecule has 0 bridgehead atoms. The molecule has 2 rings (SSSR count). The molecule has 0 aromatic heterocycles. The zero-order valence-corrected chi connectivity index (χ0v) is 12.1. The maximum atomic E-state index is 12.4. The van der Waals surface area contributed by atoms with Gasteiger partial charge in [-0.05, 0) is 38.1 Å². The summed E-state index contributed by atoms with van der Waals surface area (Å²) in [6.45, 7) is 3.20. The van der Waals surface area contributed by atoms with Crippen LogP contribution >= 0.6 is 0 Å². The summed E-state index contributed by atoms with van der Waals surface area (Å²) in [5.41, 5.74) is -0.372. The van der Waals surface area contributed by atoms with E-state index in [9.17, 15) is 9.90 Å². The van der Waals surface area contributed by atoms with Gasteiger partial charge in [-0.15, -0.1) is 0 Å². The molecule has 3 atom stereocenters. The molecular weight excluding hydrogens is 240 g/mol. The number of hydrogen-bond donors (Lipinski definition) is 3. The summed E-state index contributed by atoms with van der Waals surface area (Å²) in [7, 11) is 0. The van der Waals surface area contributed by atoms with Crippen LogP contribution in [0.1, 0.15) is 58.3 Å². The number of amides is 1. The first kappa shape index (κ1) is 14.8. The van der Waals surface area contributed by atoms with Crippen LogP contribution in [0.5, 0.6) is 0 Å². The van der Waals surface area contributed by atoms with Crippen LogP contribution in [0.2, 0.25) is 0 Å². The van der Waals surface area contributed by atoms with Crippen LogP contribution in [0, 0.1) is 5.92 Å². The van der Waals surface area contributed by atoms with Crippen LogP contribution in [0.4, 0.5) is 0 Å². The summed E-state index contributed by atoms with van der Waals surface area (Å²) in [6.07, 6.45) is 8.52. The molecule has 0 spiro atoms. The molecule has 1 aliphatic carbocycles. The highest BCUT2D eigenvalue weighted by Crippen LogP contribution is 2.32. The van der Waals surface area contributed by atoms with Gasteiger partial charge in [0.15, 0.2) is 0 Å². The Labute approximate surface area is 116 Å². The Bertz CT molecular complexity index is 301. The topological polar surface area (TPSA) is 61.4 Å². The molecule has 110 valence electrons. The van der Waals surface area contributed by atoms with Crippen molar-refractivity contribution >= 4 is 5.91 Å². The molecule has 3 N–H and O–H groups in total. The maximum Gasteiger partial charge on any atom is 0.237 e. The van der Waals surface area contributed by atoms with Gasteiger partial charge < -0.3 is 15.7 Å². The predicted octanol–water partition coefficient (Wildman–Crippen LogP) is 1.58. The Morgan fingerprint density at radius 1 is 1.32 bits per heavy atom. The van der Waals surface area contributed by atoms with Gasteiger partial charge in [0.1, 0.15) is 0 Å². The van der Waals surface area contributed by atoms with Crippen molar-refractivity contribution in [2.24, 2.45) is 5.92 Å². The van der Waals surface area contributed by atoms with E-state index in [4.69, 9.17) is 0 Å². The third-order valence-electron chi connectivity index (χ3n) is 4.66. The van der Waals surface area contributed by atoms with E-state index in [1.807, 2.05) is 0 Å². The fourth-order valence-electron chi connectivity index (χ4n) is 3.56. The van der Waals surface area contributed by atoms with Gasteiger partial charge in [0.25, 0.3) is 0 Å². The van der Waals surface area contributed by atoms with E-state index >= 15 is 0 Å². The lowest BCUT2D eigenvalue weighted by atomic mass is 9.76. The Morgan fingerprint density at radius 2 is 2.16 bits per heavy atom. The summed E-state index contributed by atoms with van der Waals surface area (Å²) in [5.74, 6) is 0.674. The number of hydrogen-bond acceptors (Lipinski definition) is 3. The largest absolute Gasteiger partial charge is 0.394 e. The minimum atomic E-state index is -0.372. The zero-order chi connectivity index (χ0) is 13.7. The quantitative estimate of drug-likeness (QED) is 0.728. The van der Waals surface area contributed by atoms with Crippen molar-refractivity contribution < 1.29 is 9.90 Å². The molecule has 4 heteroatoms. The Morgan fingerprint density at radius 3 is 2.89 bits per heavy atom. The van der Waals surface area contributed by atoms with Crippen molar-refractivity contribution in [2.75, 3.05) is 13.2 Å². The van der Waals surface area contributed by atoms with E-state index in [0.717, 1.165) is 45.1 Å². The molecule has 1 aliphatic heterocycles. The zero-order valence-electron chi connectivity index (χ0n) is 12.1. The smallest absolute Gasteiger partial charge is 0.237 e. The molecule has 1 heterocycles. The molecule has 1 saturated heterocycles. The van der Waals surface area contributed by atoms with Crippen LogP contribution in [0.3, 0.4) is 0 Å². The van der Waals surface area contributed by atoms with Crippen molar-refractivity contribution in [2.45, 2.75) is 69.9 Å². The van der Waals surface area contributed by atoms with Crippen molar-refractivity contribution in [3.8, 4) is 0 Å². The van der Waals surface area contributed by atoms with Gasteiger partial charge in [-0.3, -0.25) is 4.79 Å². The highest BCUT2D eigenvalue weighted by Gasteiger charge is 2.37. The average Bonchev–Trinajstić information content (AvgIpc) is 2.67. The second-order valence-electron chi connectivity index (χ2n) is 6.49. The minimum absolute atomic E-state index is 0.0653. The van der Waals surface area contributed by atoms with Gasteiger partial charge in [-0.25, -0.2) is 0 Å². The van der Waals surface area contributed by atoms with Gasteiger partial charge in [0.2, 0.25) is 5.91 Å². The van der Waals surface area contributed by atoms with Crippen LogP contribution in [0.25, 0.3) is 0 Å². The second kappa shape index (κ2) is 6.71. The van der Waals surface area contributed by atoms with Crippen molar-refractivity contribution in [1.29, 1.82) is 0 Å². The predicted molar refractivity (Wildman–Crippen MR) is 75.9 cm³/mol. The molecule has 19 heavy (non-hydrogen) atoms. The number of nitrogens with one attached hydrogen (secondary N) is 2. The van der Waals surface area contributed by atoms with Gasteiger partial charge in [-0.2, -0.15) is 0 Å². The molecule has 3 unspecified atom stereocenters. The average molecular weight is 268 g/mol. The summed E-state index contributed by atoms with van der Waals surface area (Å²) in [6, 6.07) is -0.0665. The molecule has 1 saturated carbocycles. The maximum absolute atomic E-state index is 12.4. The van der Waals surface area contributed by atoms with Crippen molar-refractivity contribution in [1.82, 2.24) is 10.6 Å². The van der Waals surface area contributed by atoms with Crippen LogP contribution in [-0.4, -0.2) is 35.7 Å². The van der Waals surface area contributed by atoms with Crippen molar-refractivity contribution in [3.05, 3.63) is 0 Å². The molecular formula is C15H28N2O2. The first-order valence-corrected chi connectivity index (χ1v) is 7.81. The van der Waals surface area contributed by atoms with E-state index in [1.54, 1.807) is 0 Å². The fourth-order valence-corrected chi connectivity index (χ4v) is 3.56. The number of rotatable bonds is 3. The van der Waals surface area contributed by atoms with Crippen molar-refractivity contribution in [3.63, 3.8) is 0 Å². The van der Waals surface area contributed by atoms with Crippen LogP contribution in [0.15, 0.2) is 0 Å². The fraction of sp³-hybridized carbons (Fsp3) is 0.933. The van der Waals surface area contributed by atoms with E-state index in [2.05, 4.69) is 17.6 Å². The van der Waals surface area contributed by atoms with Crippen LogP contribution < -0.4 is 10.6 Å². The Balaban J connectivity index is 1.94. The summed E-state index contributed by atoms with van der Waals surface area (Å²) in [5, 5.41) is 16.2. The van der Waals surface area contributed by atoms with Gasteiger partial charge in [-0.1, -0.05) is 32.6 Å². The SMILES string of the molecule is CC1CCCC(CO)(NC(=O)C2CCCCCN2)C1. The summed E-state index contributed by atoms with van der Waals surface area (Å²) in [4.78, 5) is 12.4. The van der Waals surface area contributed by atoms with Gasteiger partial charge in [0, 0.05) is 0 Å². The second-order valence-corrected chi connectivity index (χ2v) is 6.49. The third-order valence-corrected chi connectivity index (χ3v) is 4.66. The first-order valence-electron chi connectivity index (χ1n) is 7.81. The summed E-state index contributed by atoms with van der Waals surface area (Å²) < 4.78 is 0. The molecule has 1 amide bonds. The van der Waals surface area contributed by atoms with E-state index < -0.39 is 0 Å². The lowest BCUT2D eigenvalue weighted by molar-refractivity contribution is -0.126. The molecule has 0 aromatic rings. The monoisotopic (exact) mass is 268 g/mol. The number of carbonyl (C=O) groups excluding carboxylic acids is 1. The van der Waals surface area contributed by atoms with Gasteiger partial charge >= 0.3 is 0 Å². The number of carbonyl (C=O) groups is 1. The van der Waals surface area contributed by atoms with Gasteiger partial charge in [0.05, 0.1) is 18.2 Å². The number of aliphatic hydroxyl groups is 1. The standard InChI is InChI=1S/C15H28N2O2/c1-12-6-5-8-15(10-12,11-18)17-14(19)13-7-3-2-4-9-16-13/h12-13,16,18H,2-11H2,1H3,(H,17,19). The van der Waals surface area contributed by atoms with E-state index in [1.165, 1.54) is 12.8 Å². The third kappa shape index (κ3) is 3.93. The highest BCUT2D eigenvalue weighted by atomic mass is 16.3. The highest BCUT2D eigenvalue weighted by molar-refractivity contribution is 5.82. The molecule has 4 nitrogen and oxygen atoms in total. The summed E-state index contributed by atoms with van der Waals surface area (Å²) >= 11 is 0. The lowest BCUT2D eigenvalue weighted by Gasteiger charge is -2.40. The molecule has 2 fully saturated rings. The van der Waals surface area contributed by atoms with E-state index in [-0.39, 0.29) is 24.1 Å². The lowest BCUT2D eigenvalue weighted by Crippen LogP contribution is -2.58. The minimum Gasteiger partial charge on any atom is -0.394 e. The molecule has 0 radical (unpaired) electrons. The normalized spacial score (nSPS) is 36.5. The van der Waals surface area contributed by atoms with E-state index in [0.29, 0.717) is 5.92 Å².